The van der Waals surface area contributed by atoms with Crippen LogP contribution in [0.15, 0.2) is 0 Å². The Kier molecular flexibility index (Phi) is 15.7. The predicted molar refractivity (Wildman–Crippen MR) is 191 cm³/mol. The average molecular weight is 729 g/mol. The number of alkyl carbamates (subject to hydrolysis) is 1. The molecule has 0 radical (unpaired) electrons. The van der Waals surface area contributed by atoms with Crippen LogP contribution in [0.4, 0.5) is 4.79 Å². The third-order valence-corrected chi connectivity index (χ3v) is 11.9. The SMILES string of the molecule is CC[C@H]1OC(=O)[C@H](C)[C@@H](OC(=O)NC2CCCCC2)[C@H](C)[C@@H](O[C@@H]2O[C@H](C)C[C@H](N(C)C)[C@H]2O)[C@](C)(OC)C[C@@H](C)C(=O)[C@@H](C)[C@@H](OC)[C@]1(C)O. The standard InChI is InChI=1S/C38H68N2O11/c1-13-28-38(8,45)33(46-11)23(4)29(41)21(2)20-37(7,47-12)32(51-35-30(42)27(40(9)10)19-22(3)48-35)24(5)31(25(6)34(43)49-28)50-36(44)39-26-17-15-14-16-18-26/h21-28,30-33,35,42,45H,13-20H2,1-12H3,(H,39,44)/t21-,22-,23-,24+,25-,27+,28-,30-,31+,32-,33-,35+,37-,38-/m1/s1. The minimum absolute atomic E-state index is 0.0479. The molecular weight excluding hydrogens is 660 g/mol. The van der Waals surface area contributed by atoms with E-state index in [1.54, 1.807) is 27.7 Å². The lowest BCUT2D eigenvalue weighted by molar-refractivity contribution is -0.301. The number of esters is 1. The van der Waals surface area contributed by atoms with Crippen LogP contribution in [0.5, 0.6) is 0 Å². The van der Waals surface area contributed by atoms with E-state index in [4.69, 9.17) is 28.4 Å². The van der Waals surface area contributed by atoms with Gasteiger partial charge < -0.3 is 48.9 Å². The molecule has 1 amide bonds. The van der Waals surface area contributed by atoms with E-state index in [-0.39, 0.29) is 36.8 Å². The second kappa shape index (κ2) is 18.4. The first kappa shape index (κ1) is 43.5. The van der Waals surface area contributed by atoms with Crippen LogP contribution in [-0.2, 0) is 38.0 Å². The number of carbonyl (C=O) groups is 3. The van der Waals surface area contributed by atoms with Crippen molar-refractivity contribution in [3.63, 3.8) is 0 Å². The van der Waals surface area contributed by atoms with E-state index in [0.29, 0.717) is 6.42 Å². The molecule has 0 spiro atoms. The van der Waals surface area contributed by atoms with Crippen LogP contribution in [-0.4, -0.2) is 127 Å². The molecular formula is C38H68N2O11. The van der Waals surface area contributed by atoms with Crippen LogP contribution < -0.4 is 5.32 Å². The number of hydrogen-bond donors (Lipinski definition) is 3. The summed E-state index contributed by atoms with van der Waals surface area (Å²) in [4.78, 5) is 43.8. The molecule has 296 valence electrons. The van der Waals surface area contributed by atoms with Crippen molar-refractivity contribution in [3.05, 3.63) is 0 Å². The summed E-state index contributed by atoms with van der Waals surface area (Å²) >= 11 is 0. The molecule has 1 saturated carbocycles. The van der Waals surface area contributed by atoms with Crippen LogP contribution in [0, 0.1) is 23.7 Å². The lowest BCUT2D eigenvalue weighted by atomic mass is 9.73. The van der Waals surface area contributed by atoms with Gasteiger partial charge >= 0.3 is 12.1 Å². The Hall–Kier alpha value is -1.87. The molecule has 13 heteroatoms. The van der Waals surface area contributed by atoms with Crippen molar-refractivity contribution in [3.8, 4) is 0 Å². The van der Waals surface area contributed by atoms with E-state index in [1.165, 1.54) is 21.1 Å². The van der Waals surface area contributed by atoms with Gasteiger partial charge in [-0.05, 0) is 73.9 Å². The Morgan fingerprint density at radius 3 is 2.18 bits per heavy atom. The second-order valence-electron chi connectivity index (χ2n) is 16.2. The zero-order chi connectivity index (χ0) is 38.4. The molecule has 0 bridgehead atoms. The molecule has 2 heterocycles. The van der Waals surface area contributed by atoms with E-state index in [9.17, 15) is 24.6 Å². The number of cyclic esters (lactones) is 1. The fourth-order valence-corrected chi connectivity index (χ4v) is 8.78. The number of nitrogens with one attached hydrogen (secondary N) is 1. The van der Waals surface area contributed by atoms with Gasteiger partial charge in [0.05, 0.1) is 29.8 Å². The molecule has 2 aliphatic heterocycles. The number of ketones is 1. The smallest absolute Gasteiger partial charge is 0.407 e. The highest BCUT2D eigenvalue weighted by atomic mass is 16.7. The minimum Gasteiger partial charge on any atom is -0.459 e. The zero-order valence-corrected chi connectivity index (χ0v) is 33.2. The third kappa shape index (κ3) is 10.2. The summed E-state index contributed by atoms with van der Waals surface area (Å²) in [7, 11) is 6.72. The maximum absolute atomic E-state index is 14.1. The van der Waals surface area contributed by atoms with Crippen molar-refractivity contribution >= 4 is 17.8 Å². The Balaban J connectivity index is 2.17. The number of amides is 1. The largest absolute Gasteiger partial charge is 0.459 e. The molecule has 3 rings (SSSR count). The van der Waals surface area contributed by atoms with Gasteiger partial charge in [-0.25, -0.2) is 4.79 Å². The van der Waals surface area contributed by atoms with Gasteiger partial charge in [-0.15, -0.1) is 0 Å². The summed E-state index contributed by atoms with van der Waals surface area (Å²) < 4.78 is 37.2. The van der Waals surface area contributed by atoms with Crippen LogP contribution in [0.1, 0.15) is 107 Å². The second-order valence-corrected chi connectivity index (χ2v) is 16.2. The van der Waals surface area contributed by atoms with E-state index >= 15 is 0 Å². The van der Waals surface area contributed by atoms with Crippen molar-refractivity contribution in [2.24, 2.45) is 23.7 Å². The topological polar surface area (TPSA) is 162 Å². The van der Waals surface area contributed by atoms with Gasteiger partial charge in [0.25, 0.3) is 0 Å². The molecule has 0 aromatic carbocycles. The Morgan fingerprint density at radius 2 is 1.63 bits per heavy atom. The first-order valence-electron chi connectivity index (χ1n) is 19.0. The summed E-state index contributed by atoms with van der Waals surface area (Å²) in [5.74, 6) is -4.05. The first-order valence-corrected chi connectivity index (χ1v) is 19.0. The number of rotatable bonds is 8. The number of aliphatic hydroxyl groups is 2. The highest BCUT2D eigenvalue weighted by molar-refractivity contribution is 5.83. The van der Waals surface area contributed by atoms with Gasteiger partial charge in [0.2, 0.25) is 0 Å². The molecule has 0 aromatic heterocycles. The Morgan fingerprint density at radius 1 is 1.00 bits per heavy atom. The van der Waals surface area contributed by atoms with Crippen LogP contribution >= 0.6 is 0 Å². The highest BCUT2D eigenvalue weighted by Crippen LogP contribution is 2.40. The van der Waals surface area contributed by atoms with Crippen molar-refractivity contribution < 1.29 is 53.0 Å². The summed E-state index contributed by atoms with van der Waals surface area (Å²) in [5.41, 5.74) is -2.96. The van der Waals surface area contributed by atoms with E-state index in [1.807, 2.05) is 39.8 Å². The molecule has 0 aromatic rings. The van der Waals surface area contributed by atoms with Crippen LogP contribution in [0.25, 0.3) is 0 Å². The third-order valence-electron chi connectivity index (χ3n) is 11.9. The normalized spacial score (nSPS) is 42.6. The number of Topliss-reactive ketones (excluding diaryl/α,β-unsaturated/α-hetero) is 1. The Labute approximate surface area is 305 Å². The average Bonchev–Trinajstić information content (AvgIpc) is 3.08. The summed E-state index contributed by atoms with van der Waals surface area (Å²) in [5, 5.41) is 26.4. The lowest BCUT2D eigenvalue weighted by Crippen LogP contribution is -2.61. The molecule has 2 saturated heterocycles. The van der Waals surface area contributed by atoms with Crippen LogP contribution in [0.3, 0.4) is 0 Å². The monoisotopic (exact) mass is 728 g/mol. The molecule has 51 heavy (non-hydrogen) atoms. The number of nitrogens with zero attached hydrogens (tertiary/aromatic N) is 1. The van der Waals surface area contributed by atoms with Crippen molar-refractivity contribution in [1.82, 2.24) is 10.2 Å². The molecule has 1 aliphatic carbocycles. The van der Waals surface area contributed by atoms with Gasteiger partial charge in [0.15, 0.2) is 6.29 Å². The summed E-state index contributed by atoms with van der Waals surface area (Å²) in [6.45, 7) is 14.0. The Bertz CT molecular complexity index is 1150. The van der Waals surface area contributed by atoms with E-state index in [2.05, 4.69) is 5.32 Å². The van der Waals surface area contributed by atoms with Crippen molar-refractivity contribution in [2.45, 2.75) is 173 Å². The van der Waals surface area contributed by atoms with Gasteiger partial charge in [-0.3, -0.25) is 9.59 Å². The van der Waals surface area contributed by atoms with Gasteiger partial charge in [-0.1, -0.05) is 47.0 Å². The minimum atomic E-state index is -1.73. The molecule has 14 atom stereocenters. The van der Waals surface area contributed by atoms with Crippen molar-refractivity contribution in [2.75, 3.05) is 28.3 Å². The van der Waals surface area contributed by atoms with Gasteiger partial charge in [-0.2, -0.15) is 0 Å². The number of hydrogen-bond acceptors (Lipinski definition) is 12. The molecule has 3 N–H and O–H groups in total. The molecule has 13 nitrogen and oxygen atoms in total. The maximum Gasteiger partial charge on any atom is 0.407 e. The fraction of sp³-hybridized carbons (Fsp3) is 0.921. The predicted octanol–water partition coefficient (Wildman–Crippen LogP) is 4.24. The number of aliphatic hydroxyl groups excluding tert-OH is 1. The summed E-state index contributed by atoms with van der Waals surface area (Å²) in [6, 6.07) is -0.317. The molecule has 0 unspecified atom stereocenters. The van der Waals surface area contributed by atoms with Gasteiger partial charge in [0.1, 0.15) is 29.7 Å². The van der Waals surface area contributed by atoms with E-state index < -0.39 is 83.7 Å². The number of likely N-dealkylation sites (N-methyl/N-ethyl adjacent to an activating group) is 1. The maximum atomic E-state index is 14.1. The molecule has 3 aliphatic rings. The number of ether oxygens (including phenoxy) is 6. The van der Waals surface area contributed by atoms with Gasteiger partial charge in [0, 0.05) is 44.1 Å². The molecule has 3 fully saturated rings. The first-order chi connectivity index (χ1) is 23.8. The van der Waals surface area contributed by atoms with Crippen molar-refractivity contribution in [1.29, 1.82) is 0 Å². The number of methoxy groups -OCH3 is 2. The van der Waals surface area contributed by atoms with E-state index in [0.717, 1.165) is 32.1 Å². The summed E-state index contributed by atoms with van der Waals surface area (Å²) in [6.07, 6.45) is -1.41. The fourth-order valence-electron chi connectivity index (χ4n) is 8.78. The quantitative estimate of drug-likeness (QED) is 0.306. The van der Waals surface area contributed by atoms with Crippen LogP contribution in [0.2, 0.25) is 0 Å². The lowest BCUT2D eigenvalue weighted by Gasteiger charge is -2.48. The highest BCUT2D eigenvalue weighted by Gasteiger charge is 2.53. The zero-order valence-electron chi connectivity index (χ0n) is 33.2. The number of carbonyl (C=O) groups excluding carboxylic acids is 3.